The number of para-hydroxylation sites is 1. The molecule has 3 aromatic rings. The van der Waals surface area contributed by atoms with Crippen molar-refractivity contribution in [2.24, 2.45) is 0 Å². The molecule has 9 heteroatoms. The molecule has 2 heterocycles. The standard InChI is InChI=1S/C15H12F3N3O2S/c16-15(17,18)11-8-13(23-21-11)20-12(22)6-3-7-14-19-9-4-1-2-5-10(9)24-14/h1-2,4-5,8H,3,6-7H2,(H,20,22). The Labute approximate surface area is 138 Å². The van der Waals surface area contributed by atoms with Crippen LogP contribution in [0.3, 0.4) is 0 Å². The maximum atomic E-state index is 12.4. The summed E-state index contributed by atoms with van der Waals surface area (Å²) in [4.78, 5) is 16.2. The van der Waals surface area contributed by atoms with Crippen LogP contribution >= 0.6 is 11.3 Å². The number of benzene rings is 1. The van der Waals surface area contributed by atoms with Crippen LogP contribution in [0.4, 0.5) is 19.1 Å². The van der Waals surface area contributed by atoms with E-state index >= 15 is 0 Å². The van der Waals surface area contributed by atoms with Gasteiger partial charge in [0.05, 0.1) is 15.2 Å². The van der Waals surface area contributed by atoms with Gasteiger partial charge in [0.1, 0.15) is 0 Å². The van der Waals surface area contributed by atoms with Gasteiger partial charge >= 0.3 is 6.18 Å². The Kier molecular flexibility index (Phi) is 4.52. The Bertz CT molecular complexity index is 824. The third-order valence-corrected chi connectivity index (χ3v) is 4.29. The fraction of sp³-hybridized carbons (Fsp3) is 0.267. The first-order valence-electron chi connectivity index (χ1n) is 7.10. The van der Waals surface area contributed by atoms with Crippen LogP contribution in [0.1, 0.15) is 23.5 Å². The molecule has 0 aliphatic rings. The number of carbonyl (C=O) groups is 1. The molecule has 24 heavy (non-hydrogen) atoms. The predicted octanol–water partition coefficient (Wildman–Crippen LogP) is 4.26. The van der Waals surface area contributed by atoms with E-state index in [1.807, 2.05) is 24.3 Å². The van der Waals surface area contributed by atoms with E-state index in [1.54, 1.807) is 11.3 Å². The molecule has 1 amide bonds. The Morgan fingerprint density at radius 3 is 2.79 bits per heavy atom. The molecule has 0 spiro atoms. The summed E-state index contributed by atoms with van der Waals surface area (Å²) in [5, 5.41) is 6.05. The van der Waals surface area contributed by atoms with E-state index < -0.39 is 17.8 Å². The van der Waals surface area contributed by atoms with Crippen LogP contribution in [-0.2, 0) is 17.4 Å². The fourth-order valence-corrected chi connectivity index (χ4v) is 3.10. The molecule has 3 rings (SSSR count). The molecule has 5 nitrogen and oxygen atoms in total. The van der Waals surface area contributed by atoms with E-state index in [4.69, 9.17) is 0 Å². The quantitative estimate of drug-likeness (QED) is 0.742. The molecule has 1 N–H and O–H groups in total. The van der Waals surface area contributed by atoms with Crippen LogP contribution in [0.2, 0.25) is 0 Å². The van der Waals surface area contributed by atoms with Crippen LogP contribution in [0, 0.1) is 0 Å². The second kappa shape index (κ2) is 6.60. The van der Waals surface area contributed by atoms with Gasteiger partial charge in [-0.05, 0) is 25.0 Å². The van der Waals surface area contributed by atoms with Crippen molar-refractivity contribution in [2.45, 2.75) is 25.4 Å². The number of thiazole rings is 1. The van der Waals surface area contributed by atoms with E-state index in [2.05, 4.69) is 20.0 Å². The van der Waals surface area contributed by atoms with E-state index in [0.717, 1.165) is 15.2 Å². The summed E-state index contributed by atoms with van der Waals surface area (Å²) >= 11 is 1.56. The summed E-state index contributed by atoms with van der Waals surface area (Å²) in [5.74, 6) is -0.742. The minimum Gasteiger partial charge on any atom is -0.338 e. The van der Waals surface area contributed by atoms with Gasteiger partial charge < -0.3 is 4.52 Å². The molecule has 0 aliphatic heterocycles. The Morgan fingerprint density at radius 2 is 2.08 bits per heavy atom. The second-order valence-corrected chi connectivity index (χ2v) is 6.17. The number of carbonyl (C=O) groups excluding carboxylic acids is 1. The normalized spacial score (nSPS) is 11.8. The summed E-state index contributed by atoms with van der Waals surface area (Å²) in [6, 6.07) is 8.40. The molecular formula is C15H12F3N3O2S. The van der Waals surface area contributed by atoms with Crippen LogP contribution in [-0.4, -0.2) is 16.0 Å². The van der Waals surface area contributed by atoms with E-state index in [9.17, 15) is 18.0 Å². The molecule has 0 saturated heterocycles. The highest BCUT2D eigenvalue weighted by molar-refractivity contribution is 7.18. The van der Waals surface area contributed by atoms with Gasteiger partial charge in [0.2, 0.25) is 11.8 Å². The summed E-state index contributed by atoms with van der Waals surface area (Å²) in [5.41, 5.74) is -0.254. The first-order chi connectivity index (χ1) is 11.4. The summed E-state index contributed by atoms with van der Waals surface area (Å²) in [6.07, 6.45) is -3.29. The molecule has 0 aliphatic carbocycles. The number of halogens is 3. The number of hydrogen-bond acceptors (Lipinski definition) is 5. The molecule has 0 fully saturated rings. The lowest BCUT2D eigenvalue weighted by Crippen LogP contribution is -2.11. The van der Waals surface area contributed by atoms with Crippen LogP contribution in [0.5, 0.6) is 0 Å². The lowest BCUT2D eigenvalue weighted by molar-refractivity contribution is -0.142. The number of nitrogens with one attached hydrogen (secondary N) is 1. The summed E-state index contributed by atoms with van der Waals surface area (Å²) < 4.78 is 42.7. The predicted molar refractivity (Wildman–Crippen MR) is 82.7 cm³/mol. The number of amides is 1. The topological polar surface area (TPSA) is 68.0 Å². The van der Waals surface area contributed by atoms with Crippen molar-refractivity contribution in [1.82, 2.24) is 10.1 Å². The number of aromatic nitrogens is 2. The van der Waals surface area contributed by atoms with Gasteiger partial charge in [-0.3, -0.25) is 10.1 Å². The Hall–Kier alpha value is -2.42. The SMILES string of the molecule is O=C(CCCc1nc2ccccc2s1)Nc1cc(C(F)(F)F)no1. The number of rotatable bonds is 5. The average molecular weight is 355 g/mol. The lowest BCUT2D eigenvalue weighted by Gasteiger charge is -2.00. The average Bonchev–Trinajstić information content (AvgIpc) is 3.12. The molecule has 1 aromatic carbocycles. The first-order valence-corrected chi connectivity index (χ1v) is 7.92. The van der Waals surface area contributed by atoms with Gasteiger partial charge in [0.25, 0.3) is 0 Å². The molecule has 0 saturated carbocycles. The van der Waals surface area contributed by atoms with Crippen LogP contribution < -0.4 is 5.32 Å². The monoisotopic (exact) mass is 355 g/mol. The second-order valence-electron chi connectivity index (χ2n) is 5.05. The molecule has 0 bridgehead atoms. The van der Waals surface area contributed by atoms with Gasteiger partial charge in [-0.2, -0.15) is 13.2 Å². The Balaban J connectivity index is 1.49. The zero-order chi connectivity index (χ0) is 17.2. The molecule has 2 aromatic heterocycles. The van der Waals surface area contributed by atoms with Crippen molar-refractivity contribution in [2.75, 3.05) is 5.32 Å². The molecular weight excluding hydrogens is 343 g/mol. The van der Waals surface area contributed by atoms with Gasteiger partial charge in [0.15, 0.2) is 5.69 Å². The van der Waals surface area contributed by atoms with Crippen molar-refractivity contribution in [1.29, 1.82) is 0 Å². The van der Waals surface area contributed by atoms with E-state index in [-0.39, 0.29) is 12.3 Å². The maximum Gasteiger partial charge on any atom is 0.436 e. The number of fused-ring (bicyclic) bond motifs is 1. The Morgan fingerprint density at radius 1 is 1.29 bits per heavy atom. The maximum absolute atomic E-state index is 12.4. The number of aryl methyl sites for hydroxylation is 1. The van der Waals surface area contributed by atoms with Crippen molar-refractivity contribution < 1.29 is 22.5 Å². The smallest absolute Gasteiger partial charge is 0.338 e. The molecule has 0 unspecified atom stereocenters. The van der Waals surface area contributed by atoms with Crippen LogP contribution in [0.15, 0.2) is 34.9 Å². The highest BCUT2D eigenvalue weighted by Crippen LogP contribution is 2.29. The summed E-state index contributed by atoms with van der Waals surface area (Å²) in [7, 11) is 0. The van der Waals surface area contributed by atoms with Crippen molar-refractivity contribution in [3.8, 4) is 0 Å². The van der Waals surface area contributed by atoms with Crippen molar-refractivity contribution >= 4 is 33.3 Å². The minimum atomic E-state index is -4.60. The number of nitrogens with zero attached hydrogens (tertiary/aromatic N) is 2. The van der Waals surface area contributed by atoms with Crippen molar-refractivity contribution in [3.63, 3.8) is 0 Å². The lowest BCUT2D eigenvalue weighted by atomic mass is 10.2. The molecule has 126 valence electrons. The van der Waals surface area contributed by atoms with Gasteiger partial charge in [-0.15, -0.1) is 11.3 Å². The highest BCUT2D eigenvalue weighted by atomic mass is 32.1. The minimum absolute atomic E-state index is 0.151. The largest absolute Gasteiger partial charge is 0.436 e. The third-order valence-electron chi connectivity index (χ3n) is 3.20. The molecule has 0 atom stereocenters. The molecule has 0 radical (unpaired) electrons. The zero-order valence-corrected chi connectivity index (χ0v) is 13.1. The summed E-state index contributed by atoms with van der Waals surface area (Å²) in [6.45, 7) is 0. The highest BCUT2D eigenvalue weighted by Gasteiger charge is 2.35. The van der Waals surface area contributed by atoms with Crippen molar-refractivity contribution in [3.05, 3.63) is 41.0 Å². The van der Waals surface area contributed by atoms with Crippen LogP contribution in [0.25, 0.3) is 10.2 Å². The van der Waals surface area contributed by atoms with Gasteiger partial charge in [-0.1, -0.05) is 17.3 Å². The third kappa shape index (κ3) is 3.91. The number of anilines is 1. The zero-order valence-electron chi connectivity index (χ0n) is 12.3. The van der Waals surface area contributed by atoms with Gasteiger partial charge in [0, 0.05) is 12.5 Å². The number of alkyl halides is 3. The fourth-order valence-electron chi connectivity index (χ4n) is 2.09. The van der Waals surface area contributed by atoms with Gasteiger partial charge in [-0.25, -0.2) is 4.98 Å². The first kappa shape index (κ1) is 16.4. The van der Waals surface area contributed by atoms with E-state index in [1.165, 1.54) is 0 Å². The van der Waals surface area contributed by atoms with E-state index in [0.29, 0.717) is 18.9 Å². The number of hydrogen-bond donors (Lipinski definition) is 1.